The topological polar surface area (TPSA) is 182 Å². The Balaban J connectivity index is 0.000000147. The summed E-state index contributed by atoms with van der Waals surface area (Å²) >= 11 is 15.1. The van der Waals surface area contributed by atoms with Gasteiger partial charge in [0.15, 0.2) is 5.82 Å². The number of methoxy groups -OCH3 is 2. The van der Waals surface area contributed by atoms with Crippen LogP contribution < -0.4 is 34.5 Å². The number of fused-ring (bicyclic) bond motifs is 4. The van der Waals surface area contributed by atoms with Gasteiger partial charge in [-0.15, -0.1) is 15.3 Å². The Kier molecular flexibility index (Phi) is 15.2. The number of aryl methyl sites for hydroxylation is 2. The number of aromatic nitrogens is 10. The van der Waals surface area contributed by atoms with E-state index in [-0.39, 0.29) is 0 Å². The van der Waals surface area contributed by atoms with Crippen LogP contribution in [0.25, 0.3) is 0 Å². The van der Waals surface area contributed by atoms with Gasteiger partial charge in [0.1, 0.15) is 11.5 Å². The molecule has 20 heteroatoms. The van der Waals surface area contributed by atoms with Gasteiger partial charge in [0.25, 0.3) is 0 Å². The maximum absolute atomic E-state index is 6.20. The second-order valence-corrected chi connectivity index (χ2v) is 18.2. The lowest BCUT2D eigenvalue weighted by molar-refractivity contribution is 0.265. The van der Waals surface area contributed by atoms with Crippen LogP contribution in [0.5, 0.6) is 35.3 Å². The molecule has 4 aromatic heterocycles. The zero-order valence-corrected chi connectivity index (χ0v) is 40.0. The van der Waals surface area contributed by atoms with Gasteiger partial charge in [-0.1, -0.05) is 35.3 Å². The van der Waals surface area contributed by atoms with Gasteiger partial charge in [0.2, 0.25) is 16.5 Å². The molecule has 2 aliphatic heterocycles. The molecule has 4 unspecified atom stereocenters. The molecular weight excluding hydrogens is 937 g/mol. The molecule has 344 valence electrons. The molecular formula is C45H54BrCl2N13O4. The molecule has 6 heterocycles. The molecule has 0 amide bonds. The quantitative estimate of drug-likeness (QED) is 0.123. The predicted molar refractivity (Wildman–Crippen MR) is 251 cm³/mol. The standard InChI is InChI=1S/C23H27ClN6O2.C12H18N4O.C10H9BrClN3O/c1-3-30-23(32-19-6-4-5-17(24)9-19)26-21(28-30)11-20-15-7-8-16(20)14-29(13-15)18-10-22(31-2)27-25-12-18;1-17-11-4-10(5-14-15-11)16-6-8-2-3-9(7-16)12(8)13;1-2-15-10(13-9(11)14-15)16-8-5-3-4-7(12)6-8/h4-6,9-10,12,15-16,20H,3,7-8,11,13-14H2,1-2H3;4-5,8-9,12H,2-3,6-7,13H2,1H3;3-6H,2H2,1H3. The molecule has 0 radical (unpaired) electrons. The number of ether oxygens (including phenoxy) is 4. The Morgan fingerprint density at radius 1 is 0.662 bits per heavy atom. The molecule has 4 bridgehead atoms. The summed E-state index contributed by atoms with van der Waals surface area (Å²) < 4.78 is 25.9. The number of halogens is 3. The Hall–Kier alpha value is -5.30. The van der Waals surface area contributed by atoms with E-state index in [0.29, 0.717) is 98.8 Å². The van der Waals surface area contributed by atoms with Crippen LogP contribution in [0.4, 0.5) is 11.4 Å². The number of rotatable bonds is 12. The van der Waals surface area contributed by atoms with Gasteiger partial charge in [-0.25, -0.2) is 9.36 Å². The lowest BCUT2D eigenvalue weighted by Crippen LogP contribution is -2.48. The summed E-state index contributed by atoms with van der Waals surface area (Å²) in [5.74, 6) is 6.35. The number of benzene rings is 2. The highest BCUT2D eigenvalue weighted by Gasteiger charge is 2.43. The second-order valence-electron chi connectivity index (χ2n) is 16.6. The van der Waals surface area contributed by atoms with Crippen LogP contribution in [0.2, 0.25) is 10.0 Å². The third-order valence-corrected chi connectivity index (χ3v) is 13.4. The van der Waals surface area contributed by atoms with E-state index >= 15 is 0 Å². The Labute approximate surface area is 397 Å². The van der Waals surface area contributed by atoms with Gasteiger partial charge in [0.05, 0.1) is 38.0 Å². The fraction of sp³-hybridized carbons (Fsp3) is 0.467. The van der Waals surface area contributed by atoms with Crippen molar-refractivity contribution in [2.24, 2.45) is 35.3 Å². The third-order valence-electron chi connectivity index (χ3n) is 12.6. The molecule has 17 nitrogen and oxygen atoms in total. The van der Waals surface area contributed by atoms with Gasteiger partial charge in [0, 0.05) is 73.9 Å². The Bertz CT molecular complexity index is 2490. The van der Waals surface area contributed by atoms with Crippen LogP contribution in [0.1, 0.15) is 45.4 Å². The molecule has 2 aliphatic carbocycles. The summed E-state index contributed by atoms with van der Waals surface area (Å²) in [6, 6.07) is 19.8. The van der Waals surface area contributed by atoms with Crippen LogP contribution in [0.3, 0.4) is 0 Å². The SMILES string of the molecule is CCn1nc(Br)nc1Oc1cccc(Cl)c1.CCn1nc(CC2C3CCC2CN(c2cnnc(OC)c2)C3)nc1Oc1cccc(Cl)c1.COc1cc(N2CC3CCC(C2)C3N)cnn1. The van der Waals surface area contributed by atoms with Crippen LogP contribution in [0.15, 0.2) is 77.8 Å². The smallest absolute Gasteiger partial charge is 0.321 e. The summed E-state index contributed by atoms with van der Waals surface area (Å²) in [6.45, 7) is 9.49. The maximum Gasteiger partial charge on any atom is 0.321 e. The van der Waals surface area contributed by atoms with Crippen molar-refractivity contribution in [1.29, 1.82) is 0 Å². The van der Waals surface area contributed by atoms with E-state index in [0.717, 1.165) is 49.8 Å². The van der Waals surface area contributed by atoms with Crippen LogP contribution in [-0.2, 0) is 19.5 Å². The minimum atomic E-state index is 0.392. The van der Waals surface area contributed by atoms with Gasteiger partial charge >= 0.3 is 12.0 Å². The van der Waals surface area contributed by atoms with Crippen LogP contribution >= 0.6 is 39.1 Å². The van der Waals surface area contributed by atoms with E-state index in [2.05, 4.69) is 56.2 Å². The van der Waals surface area contributed by atoms with Crippen molar-refractivity contribution in [1.82, 2.24) is 49.9 Å². The molecule has 4 aliphatic rings. The molecule has 6 aromatic rings. The van der Waals surface area contributed by atoms with E-state index in [1.54, 1.807) is 43.3 Å². The van der Waals surface area contributed by atoms with Crippen LogP contribution in [0, 0.1) is 29.6 Å². The molecule has 65 heavy (non-hydrogen) atoms. The van der Waals surface area contributed by atoms with Gasteiger partial charge in [-0.3, -0.25) is 0 Å². The van der Waals surface area contributed by atoms with Crippen molar-refractivity contribution in [2.45, 2.75) is 65.1 Å². The Morgan fingerprint density at radius 3 is 1.63 bits per heavy atom. The van der Waals surface area contributed by atoms with Crippen molar-refractivity contribution < 1.29 is 18.9 Å². The zero-order valence-electron chi connectivity index (χ0n) is 36.9. The molecule has 2 saturated carbocycles. The van der Waals surface area contributed by atoms with Crippen molar-refractivity contribution in [3.63, 3.8) is 0 Å². The summed E-state index contributed by atoms with van der Waals surface area (Å²) in [4.78, 5) is 13.6. The van der Waals surface area contributed by atoms with E-state index in [1.807, 2.05) is 67.2 Å². The number of nitrogens with zero attached hydrogens (tertiary/aromatic N) is 12. The molecule has 4 atom stereocenters. The number of hydrogen-bond acceptors (Lipinski definition) is 15. The third kappa shape index (κ3) is 11.4. The molecule has 10 rings (SSSR count). The fourth-order valence-corrected chi connectivity index (χ4v) is 10.1. The average molecular weight is 992 g/mol. The normalized spacial score (nSPS) is 21.8. The van der Waals surface area contributed by atoms with E-state index in [1.165, 1.54) is 25.7 Å². The molecule has 2 N–H and O–H groups in total. The maximum atomic E-state index is 6.20. The first-order valence-electron chi connectivity index (χ1n) is 22.0. The van der Waals surface area contributed by atoms with Crippen molar-refractivity contribution in [3.8, 4) is 35.3 Å². The highest BCUT2D eigenvalue weighted by Crippen LogP contribution is 2.45. The minimum absolute atomic E-state index is 0.392. The molecule has 2 aromatic carbocycles. The molecule has 4 fully saturated rings. The largest absolute Gasteiger partial charge is 0.480 e. The zero-order chi connectivity index (χ0) is 45.5. The number of anilines is 2. The molecule has 0 spiro atoms. The number of hydrogen-bond donors (Lipinski definition) is 1. The Morgan fingerprint density at radius 2 is 1.14 bits per heavy atom. The van der Waals surface area contributed by atoms with E-state index in [4.69, 9.17) is 58.0 Å². The molecule has 2 saturated heterocycles. The van der Waals surface area contributed by atoms with Crippen molar-refractivity contribution in [3.05, 3.63) is 93.7 Å². The van der Waals surface area contributed by atoms with Gasteiger partial charge in [-0.05, 0) is 121 Å². The number of nitrogens with two attached hydrogens (primary N) is 1. The first-order chi connectivity index (χ1) is 31.6. The average Bonchev–Trinajstić information content (AvgIpc) is 3.99. The first kappa shape index (κ1) is 46.2. The lowest BCUT2D eigenvalue weighted by Gasteiger charge is -2.38. The highest BCUT2D eigenvalue weighted by atomic mass is 79.9. The minimum Gasteiger partial charge on any atom is -0.480 e. The monoisotopic (exact) mass is 989 g/mol. The lowest BCUT2D eigenvalue weighted by atomic mass is 9.82. The fourth-order valence-electron chi connectivity index (χ4n) is 9.38. The van der Waals surface area contributed by atoms with Crippen molar-refractivity contribution in [2.75, 3.05) is 50.2 Å². The van der Waals surface area contributed by atoms with Crippen LogP contribution in [-0.4, -0.2) is 96.4 Å². The predicted octanol–water partition coefficient (Wildman–Crippen LogP) is 8.41. The second kappa shape index (κ2) is 21.3. The van der Waals surface area contributed by atoms with Gasteiger partial charge in [-0.2, -0.15) is 25.3 Å². The summed E-state index contributed by atoms with van der Waals surface area (Å²) in [7, 11) is 3.24. The highest BCUT2D eigenvalue weighted by molar-refractivity contribution is 9.10. The summed E-state index contributed by atoms with van der Waals surface area (Å²) in [5, 5.41) is 26.1. The van der Waals surface area contributed by atoms with E-state index in [9.17, 15) is 0 Å². The summed E-state index contributed by atoms with van der Waals surface area (Å²) in [5.41, 5.74) is 8.38. The first-order valence-corrected chi connectivity index (χ1v) is 23.5. The number of piperidine rings is 2. The van der Waals surface area contributed by atoms with E-state index < -0.39 is 0 Å². The van der Waals surface area contributed by atoms with Crippen molar-refractivity contribution >= 4 is 50.5 Å². The van der Waals surface area contributed by atoms with Gasteiger partial charge < -0.3 is 34.5 Å². The summed E-state index contributed by atoms with van der Waals surface area (Å²) in [6.07, 6.45) is 9.50.